The molecule has 0 aliphatic heterocycles. The number of furan rings is 1. The van der Waals surface area contributed by atoms with E-state index in [4.69, 9.17) is 4.42 Å². The van der Waals surface area contributed by atoms with Crippen molar-refractivity contribution < 1.29 is 4.42 Å². The summed E-state index contributed by atoms with van der Waals surface area (Å²) < 4.78 is 6.03. The second-order valence-corrected chi connectivity index (χ2v) is 5.68. The Morgan fingerprint density at radius 1 is 1.26 bits per heavy atom. The van der Waals surface area contributed by atoms with Crippen LogP contribution in [0.5, 0.6) is 0 Å². The largest absolute Gasteiger partial charge is 0.461 e. The number of nitrogens with one attached hydrogen (secondary N) is 1. The molecule has 19 heavy (non-hydrogen) atoms. The topological polar surface area (TPSA) is 25.2 Å². The smallest absolute Gasteiger partial charge is 0.134 e. The monoisotopic (exact) mass is 257 g/mol. The molecule has 1 aliphatic rings. The van der Waals surface area contributed by atoms with E-state index in [1.807, 2.05) is 0 Å². The van der Waals surface area contributed by atoms with Gasteiger partial charge in [0.25, 0.3) is 0 Å². The number of rotatable bonds is 7. The molecule has 0 amide bonds. The average molecular weight is 257 g/mol. The fourth-order valence-electron chi connectivity index (χ4n) is 2.61. The van der Waals surface area contributed by atoms with E-state index >= 15 is 0 Å². The molecule has 2 nitrogen and oxygen atoms in total. The van der Waals surface area contributed by atoms with Crippen molar-refractivity contribution in [3.8, 4) is 0 Å². The van der Waals surface area contributed by atoms with E-state index in [9.17, 15) is 0 Å². The van der Waals surface area contributed by atoms with Crippen molar-refractivity contribution in [2.75, 3.05) is 6.54 Å². The van der Waals surface area contributed by atoms with Gasteiger partial charge in [-0.2, -0.15) is 0 Å². The predicted molar refractivity (Wildman–Crippen MR) is 79.3 cm³/mol. The van der Waals surface area contributed by atoms with Gasteiger partial charge >= 0.3 is 0 Å². The molecule has 2 heteroatoms. The number of unbranched alkanes of at least 4 members (excludes halogenated alkanes) is 1. The van der Waals surface area contributed by atoms with Gasteiger partial charge in [0.05, 0.1) is 0 Å². The highest BCUT2D eigenvalue weighted by Crippen LogP contribution is 2.29. The summed E-state index contributed by atoms with van der Waals surface area (Å²) in [5.41, 5.74) is 2.42. The molecular formula is C17H23NO. The van der Waals surface area contributed by atoms with Crippen LogP contribution in [0.2, 0.25) is 0 Å². The Labute approximate surface area is 115 Å². The van der Waals surface area contributed by atoms with Crippen LogP contribution in [0.25, 0.3) is 11.0 Å². The summed E-state index contributed by atoms with van der Waals surface area (Å²) in [6.45, 7) is 4.34. The van der Waals surface area contributed by atoms with Gasteiger partial charge in [0.2, 0.25) is 0 Å². The summed E-state index contributed by atoms with van der Waals surface area (Å²) in [5.74, 6) is 2.11. The molecule has 1 heterocycles. The molecule has 0 atom stereocenters. The third kappa shape index (κ3) is 3.01. The predicted octanol–water partition coefficient (Wildman–Crippen LogP) is 4.28. The lowest BCUT2D eigenvalue weighted by Gasteiger charge is -2.05. The normalized spacial score (nSPS) is 15.2. The number of fused-ring (bicyclic) bond motifs is 1. The molecule has 0 radical (unpaired) electrons. The standard InChI is InChI=1S/C17H23NO/c1-2-3-7-17-15(12-18-11-13-9-10-13)14-6-4-5-8-16(14)19-17/h4-6,8,13,18H,2-3,7,9-12H2,1H3. The fourth-order valence-corrected chi connectivity index (χ4v) is 2.61. The van der Waals surface area contributed by atoms with E-state index in [0.717, 1.165) is 31.0 Å². The highest BCUT2D eigenvalue weighted by molar-refractivity contribution is 5.82. The highest BCUT2D eigenvalue weighted by atomic mass is 16.3. The maximum absolute atomic E-state index is 6.03. The molecule has 1 fully saturated rings. The third-order valence-electron chi connectivity index (χ3n) is 3.97. The van der Waals surface area contributed by atoms with E-state index in [1.54, 1.807) is 0 Å². The molecule has 3 rings (SSSR count). The van der Waals surface area contributed by atoms with Crippen LogP contribution in [0, 0.1) is 5.92 Å². The molecule has 2 aromatic rings. The minimum atomic E-state index is 0.928. The van der Waals surface area contributed by atoms with Gasteiger partial charge in [0.15, 0.2) is 0 Å². The minimum Gasteiger partial charge on any atom is -0.461 e. The number of aryl methyl sites for hydroxylation is 1. The molecule has 1 N–H and O–H groups in total. The summed E-state index contributed by atoms with van der Waals surface area (Å²) in [6.07, 6.45) is 6.29. The van der Waals surface area contributed by atoms with Crippen molar-refractivity contribution in [3.63, 3.8) is 0 Å². The molecular weight excluding hydrogens is 234 g/mol. The summed E-state index contributed by atoms with van der Waals surface area (Å²) in [7, 11) is 0. The van der Waals surface area contributed by atoms with Gasteiger partial charge < -0.3 is 9.73 Å². The Bertz CT molecular complexity index is 539. The van der Waals surface area contributed by atoms with Gasteiger partial charge in [0, 0.05) is 23.9 Å². The zero-order valence-electron chi connectivity index (χ0n) is 11.7. The summed E-state index contributed by atoms with van der Waals surface area (Å²) in [4.78, 5) is 0. The first-order valence-corrected chi connectivity index (χ1v) is 7.58. The zero-order valence-corrected chi connectivity index (χ0v) is 11.7. The first kappa shape index (κ1) is 12.7. The average Bonchev–Trinajstić information content (AvgIpc) is 3.19. The van der Waals surface area contributed by atoms with Crippen LogP contribution in [0.4, 0.5) is 0 Å². The van der Waals surface area contributed by atoms with Crippen LogP contribution in [-0.2, 0) is 13.0 Å². The Morgan fingerprint density at radius 3 is 2.89 bits per heavy atom. The van der Waals surface area contributed by atoms with Crippen molar-refractivity contribution in [1.29, 1.82) is 0 Å². The fraction of sp³-hybridized carbons (Fsp3) is 0.529. The van der Waals surface area contributed by atoms with Crippen molar-refractivity contribution >= 4 is 11.0 Å². The number of para-hydroxylation sites is 1. The Hall–Kier alpha value is -1.28. The van der Waals surface area contributed by atoms with Gasteiger partial charge in [-0.15, -0.1) is 0 Å². The molecule has 1 aliphatic carbocycles. The van der Waals surface area contributed by atoms with Crippen molar-refractivity contribution in [3.05, 3.63) is 35.6 Å². The number of benzene rings is 1. The molecule has 1 aromatic heterocycles. The van der Waals surface area contributed by atoms with E-state index in [0.29, 0.717) is 0 Å². The maximum Gasteiger partial charge on any atom is 0.134 e. The van der Waals surface area contributed by atoms with Crippen LogP contribution in [-0.4, -0.2) is 6.54 Å². The second kappa shape index (κ2) is 5.79. The Morgan fingerprint density at radius 2 is 2.11 bits per heavy atom. The molecule has 0 bridgehead atoms. The Balaban J connectivity index is 1.79. The number of hydrogen-bond donors (Lipinski definition) is 1. The van der Waals surface area contributed by atoms with E-state index in [1.165, 1.54) is 42.4 Å². The number of hydrogen-bond acceptors (Lipinski definition) is 2. The summed E-state index contributed by atoms with van der Waals surface area (Å²) >= 11 is 0. The lowest BCUT2D eigenvalue weighted by atomic mass is 10.1. The lowest BCUT2D eigenvalue weighted by Crippen LogP contribution is -2.16. The van der Waals surface area contributed by atoms with Crippen LogP contribution >= 0.6 is 0 Å². The first-order chi connectivity index (χ1) is 9.38. The van der Waals surface area contributed by atoms with E-state index < -0.39 is 0 Å². The van der Waals surface area contributed by atoms with Gasteiger partial charge in [-0.05, 0) is 37.8 Å². The van der Waals surface area contributed by atoms with Gasteiger partial charge in [-0.25, -0.2) is 0 Å². The molecule has 1 saturated carbocycles. The first-order valence-electron chi connectivity index (χ1n) is 7.58. The zero-order chi connectivity index (χ0) is 13.1. The van der Waals surface area contributed by atoms with Crippen molar-refractivity contribution in [2.24, 2.45) is 5.92 Å². The maximum atomic E-state index is 6.03. The van der Waals surface area contributed by atoms with Crippen LogP contribution in [0.1, 0.15) is 43.9 Å². The summed E-state index contributed by atoms with van der Waals surface area (Å²) in [6, 6.07) is 8.42. The van der Waals surface area contributed by atoms with Gasteiger partial charge in [-0.1, -0.05) is 31.5 Å². The van der Waals surface area contributed by atoms with Crippen molar-refractivity contribution in [1.82, 2.24) is 5.32 Å². The van der Waals surface area contributed by atoms with Crippen LogP contribution < -0.4 is 5.32 Å². The minimum absolute atomic E-state index is 0.928. The SMILES string of the molecule is CCCCc1oc2ccccc2c1CNCC1CC1. The molecule has 0 saturated heterocycles. The Kier molecular flexibility index (Phi) is 3.88. The lowest BCUT2D eigenvalue weighted by molar-refractivity contribution is 0.523. The third-order valence-corrected chi connectivity index (χ3v) is 3.97. The van der Waals surface area contributed by atoms with Gasteiger partial charge in [-0.3, -0.25) is 0 Å². The van der Waals surface area contributed by atoms with Crippen LogP contribution in [0.15, 0.2) is 28.7 Å². The summed E-state index contributed by atoms with van der Waals surface area (Å²) in [5, 5.41) is 4.89. The van der Waals surface area contributed by atoms with Crippen LogP contribution in [0.3, 0.4) is 0 Å². The van der Waals surface area contributed by atoms with Gasteiger partial charge in [0.1, 0.15) is 11.3 Å². The highest BCUT2D eigenvalue weighted by Gasteiger charge is 2.21. The quantitative estimate of drug-likeness (QED) is 0.801. The van der Waals surface area contributed by atoms with E-state index in [2.05, 4.69) is 36.5 Å². The van der Waals surface area contributed by atoms with Crippen molar-refractivity contribution in [2.45, 2.75) is 45.6 Å². The molecule has 1 aromatic carbocycles. The second-order valence-electron chi connectivity index (χ2n) is 5.68. The molecule has 0 unspecified atom stereocenters. The molecule has 0 spiro atoms. The van der Waals surface area contributed by atoms with E-state index in [-0.39, 0.29) is 0 Å². The molecule has 102 valence electrons.